The Bertz CT molecular complexity index is 837. The van der Waals surface area contributed by atoms with E-state index in [1.165, 1.54) is 5.57 Å². The molecule has 142 valence electrons. The lowest BCUT2D eigenvalue weighted by molar-refractivity contribution is -0.131. The number of carbonyl (C=O) groups excluding carboxylic acids is 2. The van der Waals surface area contributed by atoms with Crippen molar-refractivity contribution in [3.63, 3.8) is 0 Å². The first-order chi connectivity index (χ1) is 12.9. The number of hydrogen-bond acceptors (Lipinski definition) is 3. The van der Waals surface area contributed by atoms with Crippen LogP contribution in [0, 0.1) is 45.3 Å². The zero-order valence-corrected chi connectivity index (χ0v) is 16.5. The molecule has 0 aliphatic heterocycles. The van der Waals surface area contributed by atoms with Crippen LogP contribution in [-0.2, 0) is 9.59 Å². The molecule has 5 aliphatic carbocycles. The molecule has 1 spiro atoms. The fourth-order valence-corrected chi connectivity index (χ4v) is 8.00. The molecule has 0 saturated heterocycles. The molecule has 3 heteroatoms. The van der Waals surface area contributed by atoms with Crippen LogP contribution in [0.4, 0.5) is 0 Å². The Morgan fingerprint density at radius 2 is 1.81 bits per heavy atom. The molecule has 0 aromatic heterocycles. The van der Waals surface area contributed by atoms with Crippen molar-refractivity contribution in [2.45, 2.75) is 71.6 Å². The summed E-state index contributed by atoms with van der Waals surface area (Å²) < 4.78 is 0. The van der Waals surface area contributed by atoms with Gasteiger partial charge in [-0.1, -0.05) is 44.4 Å². The summed E-state index contributed by atoms with van der Waals surface area (Å²) >= 11 is 0. The van der Waals surface area contributed by atoms with Crippen molar-refractivity contribution in [3.8, 4) is 6.07 Å². The molecule has 3 nitrogen and oxygen atoms in total. The first-order valence-corrected chi connectivity index (χ1v) is 10.8. The highest BCUT2D eigenvalue weighted by molar-refractivity contribution is 6.07. The molecule has 27 heavy (non-hydrogen) atoms. The maximum Gasteiger partial charge on any atom is 0.183 e. The Labute approximate surface area is 161 Å². The number of allylic oxidation sites excluding steroid dienone is 4. The third-order valence-electron chi connectivity index (χ3n) is 9.31. The van der Waals surface area contributed by atoms with Gasteiger partial charge in [0, 0.05) is 17.3 Å². The lowest BCUT2D eigenvalue weighted by Gasteiger charge is -2.57. The summed E-state index contributed by atoms with van der Waals surface area (Å²) in [5, 5.41) is 9.73. The summed E-state index contributed by atoms with van der Waals surface area (Å²) in [5.74, 6) is 1.98. The summed E-state index contributed by atoms with van der Waals surface area (Å²) in [6, 6.07) is 2.25. The first kappa shape index (κ1) is 17.4. The van der Waals surface area contributed by atoms with Gasteiger partial charge in [0.25, 0.3) is 0 Å². The van der Waals surface area contributed by atoms with Gasteiger partial charge in [0.1, 0.15) is 11.9 Å². The van der Waals surface area contributed by atoms with E-state index in [9.17, 15) is 14.9 Å². The lowest BCUT2D eigenvalue weighted by atomic mass is 9.45. The maximum absolute atomic E-state index is 13.2. The minimum absolute atomic E-state index is 0.0846. The third kappa shape index (κ3) is 1.97. The maximum atomic E-state index is 13.2. The predicted octanol–water partition coefficient (Wildman–Crippen LogP) is 4.93. The number of carbonyl (C=O) groups is 2. The molecule has 0 aromatic carbocycles. The summed E-state index contributed by atoms with van der Waals surface area (Å²) in [7, 11) is 0. The quantitative estimate of drug-likeness (QED) is 0.574. The van der Waals surface area contributed by atoms with Gasteiger partial charge < -0.3 is 0 Å². The minimum atomic E-state index is -0.411. The largest absolute Gasteiger partial charge is 0.299 e. The van der Waals surface area contributed by atoms with Gasteiger partial charge in [0.05, 0.1) is 11.0 Å². The van der Waals surface area contributed by atoms with Crippen molar-refractivity contribution in [2.75, 3.05) is 0 Å². The molecule has 3 saturated carbocycles. The number of nitrogens with zero attached hydrogens (tertiary/aromatic N) is 1. The molecule has 3 fully saturated rings. The van der Waals surface area contributed by atoms with Crippen LogP contribution in [0.15, 0.2) is 23.3 Å². The van der Waals surface area contributed by atoms with E-state index in [0.29, 0.717) is 29.1 Å². The topological polar surface area (TPSA) is 57.9 Å². The summed E-state index contributed by atoms with van der Waals surface area (Å²) in [5.41, 5.74) is 0.976. The van der Waals surface area contributed by atoms with Gasteiger partial charge in [-0.3, -0.25) is 9.59 Å². The van der Waals surface area contributed by atoms with Crippen molar-refractivity contribution >= 4 is 11.6 Å². The summed E-state index contributed by atoms with van der Waals surface area (Å²) in [6.07, 6.45) is 13.2. The highest BCUT2D eigenvalue weighted by atomic mass is 16.1. The second-order valence-electron chi connectivity index (χ2n) is 10.2. The van der Waals surface area contributed by atoms with Crippen LogP contribution in [0.5, 0.6) is 0 Å². The average Bonchev–Trinajstić information content (AvgIpc) is 3.25. The van der Waals surface area contributed by atoms with E-state index < -0.39 is 5.41 Å². The van der Waals surface area contributed by atoms with Crippen LogP contribution in [0.25, 0.3) is 0 Å². The molecule has 5 aliphatic rings. The Morgan fingerprint density at radius 3 is 2.52 bits per heavy atom. The molecule has 5 atom stereocenters. The highest BCUT2D eigenvalue weighted by Gasteiger charge is 2.62. The van der Waals surface area contributed by atoms with Crippen molar-refractivity contribution in [3.05, 3.63) is 23.3 Å². The molecule has 0 N–H and O–H groups in total. The van der Waals surface area contributed by atoms with Gasteiger partial charge in [-0.25, -0.2) is 0 Å². The Hall–Kier alpha value is -1.69. The van der Waals surface area contributed by atoms with Crippen molar-refractivity contribution in [2.24, 2.45) is 34.0 Å². The van der Waals surface area contributed by atoms with Crippen molar-refractivity contribution in [1.29, 1.82) is 5.26 Å². The molecule has 0 amide bonds. The van der Waals surface area contributed by atoms with E-state index in [4.69, 9.17) is 0 Å². The van der Waals surface area contributed by atoms with Crippen LogP contribution in [0.1, 0.15) is 71.6 Å². The van der Waals surface area contributed by atoms with Crippen LogP contribution < -0.4 is 0 Å². The fourth-order valence-electron chi connectivity index (χ4n) is 8.00. The molecule has 0 heterocycles. The van der Waals surface area contributed by atoms with Gasteiger partial charge in [-0.05, 0) is 56.3 Å². The van der Waals surface area contributed by atoms with E-state index >= 15 is 0 Å². The van der Waals surface area contributed by atoms with Crippen LogP contribution in [0.3, 0.4) is 0 Å². The van der Waals surface area contributed by atoms with E-state index in [0.717, 1.165) is 57.8 Å². The Morgan fingerprint density at radius 1 is 1.07 bits per heavy atom. The minimum Gasteiger partial charge on any atom is -0.299 e. The molecular weight excluding hydrogens is 334 g/mol. The average molecular weight is 364 g/mol. The Kier molecular flexibility index (Phi) is 3.50. The number of nitriles is 1. The number of Topliss-reactive ketones (excluding diaryl/α,β-unsaturated/α-hetero) is 2. The van der Waals surface area contributed by atoms with Gasteiger partial charge in [-0.15, -0.1) is 0 Å². The fraction of sp³-hybridized carbons (Fsp3) is 0.708. The molecular formula is C24H29NO2. The van der Waals surface area contributed by atoms with Gasteiger partial charge in [0.2, 0.25) is 0 Å². The van der Waals surface area contributed by atoms with Crippen molar-refractivity contribution in [1.82, 2.24) is 0 Å². The number of ketones is 2. The number of fused-ring (bicyclic) bond motifs is 6. The zero-order valence-electron chi connectivity index (χ0n) is 16.5. The second-order valence-corrected chi connectivity index (χ2v) is 10.2. The highest BCUT2D eigenvalue weighted by Crippen LogP contribution is 2.67. The Balaban J connectivity index is 1.65. The molecule has 5 unspecified atom stereocenters. The number of rotatable bonds is 0. The lowest BCUT2D eigenvalue weighted by Crippen LogP contribution is -2.53. The first-order valence-electron chi connectivity index (χ1n) is 10.8. The van der Waals surface area contributed by atoms with E-state index in [1.807, 2.05) is 6.08 Å². The zero-order chi connectivity index (χ0) is 19.0. The molecule has 5 rings (SSSR count). The summed E-state index contributed by atoms with van der Waals surface area (Å²) in [6.45, 7) is 4.49. The second kappa shape index (κ2) is 5.43. The SMILES string of the molecule is CC12C=C(C#N)C(=O)C3(CCCC3)C1=CCC1C2CCC2(C)C(=O)CCC12. The predicted molar refractivity (Wildman–Crippen MR) is 102 cm³/mol. The van der Waals surface area contributed by atoms with E-state index in [1.54, 1.807) is 0 Å². The molecule has 0 bridgehead atoms. The van der Waals surface area contributed by atoms with Crippen molar-refractivity contribution < 1.29 is 9.59 Å². The van der Waals surface area contributed by atoms with E-state index in [2.05, 4.69) is 26.0 Å². The monoisotopic (exact) mass is 363 g/mol. The number of hydrogen-bond donors (Lipinski definition) is 0. The van der Waals surface area contributed by atoms with Crippen LogP contribution >= 0.6 is 0 Å². The van der Waals surface area contributed by atoms with Gasteiger partial charge >= 0.3 is 0 Å². The van der Waals surface area contributed by atoms with Crippen LogP contribution in [0.2, 0.25) is 0 Å². The molecule has 0 radical (unpaired) electrons. The molecule has 0 aromatic rings. The van der Waals surface area contributed by atoms with Gasteiger partial charge in [-0.2, -0.15) is 5.26 Å². The smallest absolute Gasteiger partial charge is 0.183 e. The third-order valence-corrected chi connectivity index (χ3v) is 9.31. The van der Waals surface area contributed by atoms with Gasteiger partial charge in [0.15, 0.2) is 5.78 Å². The van der Waals surface area contributed by atoms with E-state index in [-0.39, 0.29) is 16.6 Å². The normalized spacial score (nSPS) is 44.9. The van der Waals surface area contributed by atoms with Crippen LogP contribution in [-0.4, -0.2) is 11.6 Å². The summed E-state index contributed by atoms with van der Waals surface area (Å²) in [4.78, 5) is 25.8. The standard InChI is InChI=1S/C24H29NO2/c1-22-12-9-18-16(17(22)6-8-20(22)26)5-7-19-23(18,2)13-15(14-25)21(27)24(19)10-3-4-11-24/h7,13,16-18H,3-6,8-12H2,1-2H3.